The number of aryl methyl sites for hydroxylation is 1. The van der Waals surface area contributed by atoms with E-state index in [-0.39, 0.29) is 5.92 Å². The van der Waals surface area contributed by atoms with Gasteiger partial charge in [-0.1, -0.05) is 18.2 Å². The van der Waals surface area contributed by atoms with Gasteiger partial charge in [0.25, 0.3) is 0 Å². The van der Waals surface area contributed by atoms with Gasteiger partial charge in [-0.05, 0) is 37.8 Å². The first kappa shape index (κ1) is 14.1. The number of nitrogens with zero attached hydrogens (tertiary/aromatic N) is 3. The van der Waals surface area contributed by atoms with Gasteiger partial charge in [-0.2, -0.15) is 0 Å². The molecule has 2 heterocycles. The van der Waals surface area contributed by atoms with Crippen molar-refractivity contribution < 1.29 is 4.79 Å². The van der Waals surface area contributed by atoms with Crippen LogP contribution in [0.5, 0.6) is 0 Å². The molecule has 4 nitrogen and oxygen atoms in total. The zero-order valence-corrected chi connectivity index (χ0v) is 12.7. The van der Waals surface area contributed by atoms with Crippen molar-refractivity contribution in [2.45, 2.75) is 26.2 Å². The number of aromatic nitrogens is 1. The van der Waals surface area contributed by atoms with E-state index in [1.165, 1.54) is 5.56 Å². The van der Waals surface area contributed by atoms with Crippen LogP contribution >= 0.6 is 0 Å². The van der Waals surface area contributed by atoms with Crippen molar-refractivity contribution in [2.75, 3.05) is 31.1 Å². The number of hydrogen-bond donors (Lipinski definition) is 0. The second-order valence-corrected chi connectivity index (χ2v) is 5.94. The van der Waals surface area contributed by atoms with E-state index < -0.39 is 0 Å². The highest BCUT2D eigenvalue weighted by atomic mass is 16.2. The smallest absolute Gasteiger partial charge is 0.226 e. The van der Waals surface area contributed by atoms with Crippen LogP contribution in [0.25, 0.3) is 0 Å². The molecule has 1 atom stereocenters. The third kappa shape index (κ3) is 3.09. The minimum atomic E-state index is 0.207. The monoisotopic (exact) mass is 285 g/mol. The second kappa shape index (κ2) is 6.29. The number of carbonyl (C=O) groups is 1. The minimum absolute atomic E-state index is 0.207. The number of anilines is 1. The predicted molar refractivity (Wildman–Crippen MR) is 84.2 cm³/mol. The molecule has 0 saturated carbocycles. The molecule has 1 aromatic heterocycles. The van der Waals surface area contributed by atoms with E-state index in [0.29, 0.717) is 5.91 Å². The molecule has 1 aliphatic heterocycles. The first-order chi connectivity index (χ1) is 10.3. The van der Waals surface area contributed by atoms with Crippen molar-refractivity contribution >= 4 is 11.7 Å². The highest BCUT2D eigenvalue weighted by Gasteiger charge is 2.27. The number of pyridine rings is 1. The molecule has 0 N–H and O–H groups in total. The average molecular weight is 285 g/mol. The van der Waals surface area contributed by atoms with Gasteiger partial charge in [-0.3, -0.25) is 4.79 Å². The first-order valence-corrected chi connectivity index (χ1v) is 7.86. The van der Waals surface area contributed by atoms with Gasteiger partial charge >= 0.3 is 0 Å². The van der Waals surface area contributed by atoms with Crippen LogP contribution in [-0.2, 0) is 4.79 Å². The Hall–Kier alpha value is -1.84. The summed E-state index contributed by atoms with van der Waals surface area (Å²) in [5, 5.41) is 0. The Labute approximate surface area is 126 Å². The minimum Gasteiger partial charge on any atom is -0.353 e. The van der Waals surface area contributed by atoms with Crippen LogP contribution in [0.2, 0.25) is 0 Å². The summed E-state index contributed by atoms with van der Waals surface area (Å²) >= 11 is 0. The third-order valence-corrected chi connectivity index (χ3v) is 4.49. The van der Waals surface area contributed by atoms with Gasteiger partial charge in [0.15, 0.2) is 0 Å². The molecule has 3 rings (SSSR count). The normalized spacial score (nSPS) is 22.4. The van der Waals surface area contributed by atoms with Crippen LogP contribution in [0, 0.1) is 12.8 Å². The molecule has 0 spiro atoms. The standard InChI is InChI=1S/C17H23N3O/c1-14-6-5-9-18-16(14)19-10-12-20(13-11-19)17(21)15-7-3-2-4-8-15/h2-3,5-6,9,15H,4,7-8,10-13H2,1H3. The number of amides is 1. The lowest BCUT2D eigenvalue weighted by atomic mass is 9.93. The van der Waals surface area contributed by atoms with Crippen LogP contribution in [0.3, 0.4) is 0 Å². The maximum absolute atomic E-state index is 12.5. The molecule has 1 saturated heterocycles. The van der Waals surface area contributed by atoms with E-state index in [0.717, 1.165) is 51.3 Å². The summed E-state index contributed by atoms with van der Waals surface area (Å²) in [6.07, 6.45) is 9.15. The summed E-state index contributed by atoms with van der Waals surface area (Å²) in [6, 6.07) is 4.06. The molecule has 1 amide bonds. The van der Waals surface area contributed by atoms with Gasteiger partial charge in [0.1, 0.15) is 5.82 Å². The molecule has 1 aliphatic carbocycles. The number of allylic oxidation sites excluding steroid dienone is 2. The lowest BCUT2D eigenvalue weighted by Crippen LogP contribution is -2.50. The molecule has 1 aromatic rings. The number of rotatable bonds is 2. The van der Waals surface area contributed by atoms with Gasteiger partial charge in [0.05, 0.1) is 0 Å². The fourth-order valence-corrected chi connectivity index (χ4v) is 3.22. The third-order valence-electron chi connectivity index (χ3n) is 4.49. The van der Waals surface area contributed by atoms with E-state index in [1.54, 1.807) is 0 Å². The van der Waals surface area contributed by atoms with Crippen molar-refractivity contribution in [2.24, 2.45) is 5.92 Å². The SMILES string of the molecule is Cc1cccnc1N1CCN(C(=O)C2CC=CCC2)CC1. The maximum Gasteiger partial charge on any atom is 0.226 e. The summed E-state index contributed by atoms with van der Waals surface area (Å²) in [6.45, 7) is 5.48. The Morgan fingerprint density at radius 1 is 1.24 bits per heavy atom. The van der Waals surface area contributed by atoms with Gasteiger partial charge < -0.3 is 9.80 Å². The summed E-state index contributed by atoms with van der Waals surface area (Å²) in [4.78, 5) is 21.3. The summed E-state index contributed by atoms with van der Waals surface area (Å²) in [5.74, 6) is 1.61. The average Bonchev–Trinajstić information content (AvgIpc) is 2.56. The number of hydrogen-bond acceptors (Lipinski definition) is 3. The lowest BCUT2D eigenvalue weighted by molar-refractivity contribution is -0.136. The maximum atomic E-state index is 12.5. The zero-order chi connectivity index (χ0) is 14.7. The van der Waals surface area contributed by atoms with Crippen molar-refractivity contribution in [1.29, 1.82) is 0 Å². The van der Waals surface area contributed by atoms with Crippen LogP contribution in [0.1, 0.15) is 24.8 Å². The number of carbonyl (C=O) groups excluding carboxylic acids is 1. The molecule has 2 aliphatic rings. The van der Waals surface area contributed by atoms with Gasteiger partial charge in [0.2, 0.25) is 5.91 Å². The summed E-state index contributed by atoms with van der Waals surface area (Å²) in [5.41, 5.74) is 1.20. The van der Waals surface area contributed by atoms with Gasteiger partial charge in [-0.25, -0.2) is 4.98 Å². The molecule has 112 valence electrons. The molecule has 1 unspecified atom stereocenters. The van der Waals surface area contributed by atoms with Gasteiger partial charge in [-0.15, -0.1) is 0 Å². The molecule has 0 radical (unpaired) electrons. The fourth-order valence-electron chi connectivity index (χ4n) is 3.22. The molecule has 0 aromatic carbocycles. The predicted octanol–water partition coefficient (Wildman–Crippen LogP) is 2.39. The Bertz CT molecular complexity index is 533. The molecular weight excluding hydrogens is 262 g/mol. The Kier molecular flexibility index (Phi) is 4.23. The van der Waals surface area contributed by atoms with E-state index in [4.69, 9.17) is 0 Å². The van der Waals surface area contributed by atoms with Crippen LogP contribution in [0.4, 0.5) is 5.82 Å². The van der Waals surface area contributed by atoms with Crippen molar-refractivity contribution in [1.82, 2.24) is 9.88 Å². The van der Waals surface area contributed by atoms with Gasteiger partial charge in [0, 0.05) is 38.3 Å². The first-order valence-electron chi connectivity index (χ1n) is 7.86. The highest BCUT2D eigenvalue weighted by molar-refractivity contribution is 5.79. The fraction of sp³-hybridized carbons (Fsp3) is 0.529. The quantitative estimate of drug-likeness (QED) is 0.783. The Morgan fingerprint density at radius 3 is 2.71 bits per heavy atom. The molecule has 0 bridgehead atoms. The molecule has 21 heavy (non-hydrogen) atoms. The highest BCUT2D eigenvalue weighted by Crippen LogP contribution is 2.23. The van der Waals surface area contributed by atoms with Crippen molar-refractivity contribution in [3.05, 3.63) is 36.0 Å². The second-order valence-electron chi connectivity index (χ2n) is 5.94. The van der Waals surface area contributed by atoms with Crippen LogP contribution in [0.15, 0.2) is 30.5 Å². The zero-order valence-electron chi connectivity index (χ0n) is 12.7. The van der Waals surface area contributed by atoms with E-state index in [1.807, 2.05) is 17.2 Å². The van der Waals surface area contributed by atoms with Crippen LogP contribution in [-0.4, -0.2) is 42.0 Å². The lowest BCUT2D eigenvalue weighted by Gasteiger charge is -2.37. The van der Waals surface area contributed by atoms with E-state index in [2.05, 4.69) is 35.0 Å². The molecule has 1 fully saturated rings. The Balaban J connectivity index is 1.59. The summed E-state index contributed by atoms with van der Waals surface area (Å²) in [7, 11) is 0. The van der Waals surface area contributed by atoms with Crippen LogP contribution < -0.4 is 4.90 Å². The van der Waals surface area contributed by atoms with Crippen molar-refractivity contribution in [3.63, 3.8) is 0 Å². The Morgan fingerprint density at radius 2 is 2.05 bits per heavy atom. The van der Waals surface area contributed by atoms with E-state index >= 15 is 0 Å². The van der Waals surface area contributed by atoms with Crippen molar-refractivity contribution in [3.8, 4) is 0 Å². The molecule has 4 heteroatoms. The summed E-state index contributed by atoms with van der Waals surface area (Å²) < 4.78 is 0. The molecular formula is C17H23N3O. The largest absolute Gasteiger partial charge is 0.353 e. The number of piperazine rings is 1. The van der Waals surface area contributed by atoms with E-state index in [9.17, 15) is 4.79 Å². The topological polar surface area (TPSA) is 36.4 Å².